The van der Waals surface area contributed by atoms with Gasteiger partial charge in [-0.25, -0.2) is 4.79 Å². The van der Waals surface area contributed by atoms with Crippen LogP contribution in [0.25, 0.3) is 10.9 Å². The van der Waals surface area contributed by atoms with E-state index in [0.717, 1.165) is 52.2 Å². The molecule has 1 atom stereocenters. The number of hydrogen-bond acceptors (Lipinski definition) is 2. The second-order valence-electron chi connectivity index (χ2n) is 8.26. The summed E-state index contributed by atoms with van der Waals surface area (Å²) in [5.74, 6) is 0.806. The molecule has 1 aliphatic heterocycles. The van der Waals surface area contributed by atoms with Crippen molar-refractivity contribution in [1.29, 1.82) is 0 Å². The van der Waals surface area contributed by atoms with E-state index < -0.39 is 0 Å². The Hall–Kier alpha value is -2.66. The van der Waals surface area contributed by atoms with Gasteiger partial charge in [-0.3, -0.25) is 0 Å². The fraction of sp³-hybridized carbons (Fsp3) is 0.375. The summed E-state index contributed by atoms with van der Waals surface area (Å²) in [6.45, 7) is 0.668. The van der Waals surface area contributed by atoms with Crippen molar-refractivity contribution in [2.45, 2.75) is 44.2 Å². The zero-order chi connectivity index (χ0) is 20.7. The number of halogens is 1. The molecule has 0 bridgehead atoms. The molecule has 5 rings (SSSR count). The molecule has 1 aliphatic carbocycles. The Labute approximate surface area is 181 Å². The second kappa shape index (κ2) is 7.88. The molecular formula is C24H26ClN3O2. The number of fused-ring (bicyclic) bond motifs is 3. The third kappa shape index (κ3) is 3.41. The Balaban J connectivity index is 1.57. The smallest absolute Gasteiger partial charge is 0.318 e. The number of aromatic nitrogens is 1. The molecule has 156 valence electrons. The predicted octanol–water partition coefficient (Wildman–Crippen LogP) is 5.43. The van der Waals surface area contributed by atoms with Crippen LogP contribution in [0.15, 0.2) is 42.5 Å². The lowest BCUT2D eigenvalue weighted by atomic mass is 9.92. The van der Waals surface area contributed by atoms with Crippen molar-refractivity contribution in [3.05, 3.63) is 64.3 Å². The first-order chi connectivity index (χ1) is 14.6. The monoisotopic (exact) mass is 423 g/mol. The minimum Gasteiger partial charge on any atom is -0.497 e. The molecule has 2 amide bonds. The fourth-order valence-electron chi connectivity index (χ4n) is 4.94. The molecule has 2 aliphatic rings. The third-order valence-electron chi connectivity index (χ3n) is 6.46. The minimum atomic E-state index is -0.174. The van der Waals surface area contributed by atoms with Crippen LogP contribution in [0.4, 0.5) is 4.79 Å². The minimum absolute atomic E-state index is 0.0186. The Bertz CT molecular complexity index is 1070. The van der Waals surface area contributed by atoms with Crippen molar-refractivity contribution in [2.75, 3.05) is 13.7 Å². The van der Waals surface area contributed by atoms with Crippen LogP contribution in [0.2, 0.25) is 5.02 Å². The number of carbonyl (C=O) groups excluding carboxylic acids is 1. The molecule has 3 aromatic rings. The molecule has 0 spiro atoms. The predicted molar refractivity (Wildman–Crippen MR) is 119 cm³/mol. The maximum absolute atomic E-state index is 13.3. The molecule has 1 saturated carbocycles. The molecular weight excluding hydrogens is 398 g/mol. The van der Waals surface area contributed by atoms with E-state index in [1.807, 2.05) is 47.4 Å². The number of rotatable bonds is 3. The summed E-state index contributed by atoms with van der Waals surface area (Å²) in [6, 6.07) is 14.1. The van der Waals surface area contributed by atoms with E-state index in [-0.39, 0.29) is 18.1 Å². The van der Waals surface area contributed by atoms with E-state index in [2.05, 4.69) is 10.3 Å². The number of carbonyl (C=O) groups is 1. The van der Waals surface area contributed by atoms with Crippen molar-refractivity contribution >= 4 is 28.5 Å². The van der Waals surface area contributed by atoms with Gasteiger partial charge in [-0.1, -0.05) is 36.6 Å². The van der Waals surface area contributed by atoms with Gasteiger partial charge in [0.05, 0.1) is 13.2 Å². The van der Waals surface area contributed by atoms with Gasteiger partial charge in [0.15, 0.2) is 0 Å². The first kappa shape index (κ1) is 19.3. The standard InChI is InChI=1S/C24H26ClN3O2/c1-30-18-9-6-15(7-10-18)23-22-19(20-14-16(25)8-11-21(20)27-22)12-13-28(23)24(29)26-17-4-2-3-5-17/h6-11,14,17,23,27H,2-5,12-13H2,1H3,(H,26,29). The van der Waals surface area contributed by atoms with E-state index >= 15 is 0 Å². The van der Waals surface area contributed by atoms with Crippen molar-refractivity contribution in [3.63, 3.8) is 0 Å². The number of H-pyrrole nitrogens is 1. The van der Waals surface area contributed by atoms with Crippen LogP contribution in [-0.2, 0) is 6.42 Å². The normalized spacial score (nSPS) is 19.1. The van der Waals surface area contributed by atoms with E-state index in [1.54, 1.807) is 7.11 Å². The summed E-state index contributed by atoms with van der Waals surface area (Å²) in [6.07, 6.45) is 5.34. The summed E-state index contributed by atoms with van der Waals surface area (Å²) in [5.41, 5.74) is 4.44. The largest absolute Gasteiger partial charge is 0.497 e. The van der Waals surface area contributed by atoms with Crippen LogP contribution >= 0.6 is 11.6 Å². The van der Waals surface area contributed by atoms with Gasteiger partial charge in [-0.15, -0.1) is 0 Å². The highest BCUT2D eigenvalue weighted by atomic mass is 35.5. The first-order valence-corrected chi connectivity index (χ1v) is 11.0. The average Bonchev–Trinajstić information content (AvgIpc) is 3.40. The van der Waals surface area contributed by atoms with Crippen LogP contribution < -0.4 is 10.1 Å². The zero-order valence-corrected chi connectivity index (χ0v) is 17.8. The maximum Gasteiger partial charge on any atom is 0.318 e. The van der Waals surface area contributed by atoms with Gasteiger partial charge >= 0.3 is 6.03 Å². The number of amides is 2. The summed E-state index contributed by atoms with van der Waals surface area (Å²) in [7, 11) is 1.66. The average molecular weight is 424 g/mol. The Morgan fingerprint density at radius 2 is 1.93 bits per heavy atom. The maximum atomic E-state index is 13.3. The summed E-state index contributed by atoms with van der Waals surface area (Å²) < 4.78 is 5.33. The Morgan fingerprint density at radius 1 is 1.17 bits per heavy atom. The molecule has 2 aromatic carbocycles. The number of hydrogen-bond donors (Lipinski definition) is 2. The molecule has 2 heterocycles. The quantitative estimate of drug-likeness (QED) is 0.590. The molecule has 1 fully saturated rings. The van der Waals surface area contributed by atoms with Crippen LogP contribution in [0.5, 0.6) is 5.75 Å². The van der Waals surface area contributed by atoms with Crippen molar-refractivity contribution in [1.82, 2.24) is 15.2 Å². The summed E-state index contributed by atoms with van der Waals surface area (Å²) >= 11 is 6.28. The fourth-order valence-corrected chi connectivity index (χ4v) is 5.11. The zero-order valence-electron chi connectivity index (χ0n) is 17.1. The van der Waals surface area contributed by atoms with Crippen molar-refractivity contribution < 1.29 is 9.53 Å². The number of methoxy groups -OCH3 is 1. The van der Waals surface area contributed by atoms with E-state index in [9.17, 15) is 4.79 Å². The molecule has 1 unspecified atom stereocenters. The SMILES string of the molecule is COc1ccc(C2c3[nH]c4ccc(Cl)cc4c3CCN2C(=O)NC2CCCC2)cc1. The molecule has 30 heavy (non-hydrogen) atoms. The number of aromatic amines is 1. The first-order valence-electron chi connectivity index (χ1n) is 10.6. The van der Waals surface area contributed by atoms with Crippen LogP contribution in [0, 0.1) is 0 Å². The van der Waals surface area contributed by atoms with Gasteiger partial charge in [-0.2, -0.15) is 0 Å². The molecule has 1 aromatic heterocycles. The van der Waals surface area contributed by atoms with Gasteiger partial charge in [0.25, 0.3) is 0 Å². The second-order valence-corrected chi connectivity index (χ2v) is 8.69. The van der Waals surface area contributed by atoms with Gasteiger partial charge < -0.3 is 19.9 Å². The van der Waals surface area contributed by atoms with Gasteiger partial charge in [-0.05, 0) is 60.7 Å². The molecule has 2 N–H and O–H groups in total. The van der Waals surface area contributed by atoms with Crippen LogP contribution in [0.3, 0.4) is 0 Å². The van der Waals surface area contributed by atoms with Gasteiger partial charge in [0.1, 0.15) is 5.75 Å². The van der Waals surface area contributed by atoms with Crippen molar-refractivity contribution in [2.24, 2.45) is 0 Å². The topological polar surface area (TPSA) is 57.4 Å². The third-order valence-corrected chi connectivity index (χ3v) is 6.70. The lowest BCUT2D eigenvalue weighted by Crippen LogP contribution is -2.48. The summed E-state index contributed by atoms with van der Waals surface area (Å²) in [4.78, 5) is 18.9. The Kier molecular flexibility index (Phi) is 5.07. The van der Waals surface area contributed by atoms with Gasteiger partial charge in [0, 0.05) is 34.2 Å². The molecule has 0 saturated heterocycles. The van der Waals surface area contributed by atoms with E-state index in [0.29, 0.717) is 6.54 Å². The highest BCUT2D eigenvalue weighted by Crippen LogP contribution is 2.39. The number of urea groups is 1. The lowest BCUT2D eigenvalue weighted by Gasteiger charge is -2.37. The number of benzene rings is 2. The number of nitrogens with zero attached hydrogens (tertiary/aromatic N) is 1. The molecule has 5 nitrogen and oxygen atoms in total. The number of ether oxygens (including phenoxy) is 1. The van der Waals surface area contributed by atoms with Crippen LogP contribution in [-0.4, -0.2) is 35.6 Å². The molecule has 0 radical (unpaired) electrons. The molecule has 6 heteroatoms. The highest BCUT2D eigenvalue weighted by molar-refractivity contribution is 6.31. The van der Waals surface area contributed by atoms with E-state index in [4.69, 9.17) is 16.3 Å². The van der Waals surface area contributed by atoms with Crippen LogP contribution in [0.1, 0.15) is 48.5 Å². The summed E-state index contributed by atoms with van der Waals surface area (Å²) in [5, 5.41) is 5.15. The number of nitrogens with one attached hydrogen (secondary N) is 2. The van der Waals surface area contributed by atoms with Gasteiger partial charge in [0.2, 0.25) is 0 Å². The Morgan fingerprint density at radius 3 is 2.67 bits per heavy atom. The lowest BCUT2D eigenvalue weighted by molar-refractivity contribution is 0.175. The van der Waals surface area contributed by atoms with Crippen molar-refractivity contribution in [3.8, 4) is 5.75 Å². The van der Waals surface area contributed by atoms with E-state index in [1.165, 1.54) is 18.4 Å². The highest BCUT2D eigenvalue weighted by Gasteiger charge is 2.35.